The zero-order chi connectivity index (χ0) is 16.7. The minimum Gasteiger partial charge on any atom is -0.374 e. The highest BCUT2D eigenvalue weighted by Crippen LogP contribution is 2.16. The van der Waals surface area contributed by atoms with Crippen LogP contribution >= 0.6 is 15.9 Å². The van der Waals surface area contributed by atoms with Gasteiger partial charge >= 0.3 is 0 Å². The van der Waals surface area contributed by atoms with Gasteiger partial charge in [0.1, 0.15) is 0 Å². The smallest absolute Gasteiger partial charge is 0.240 e. The first-order valence-corrected chi connectivity index (χ1v) is 9.68. The third-order valence-corrected chi connectivity index (χ3v) is 5.38. The standard InChI is InChI=1S/C17H20BrNO3S/c1-14(15-6-3-2-4-7-15)22-13-5-12-19-23(20,21)17-10-8-16(18)9-11-17/h2-4,6-11,14,19H,5,12-13H2,1H3. The number of halogens is 1. The number of rotatable bonds is 8. The Bertz CT molecular complexity index is 702. The summed E-state index contributed by atoms with van der Waals surface area (Å²) in [5.41, 5.74) is 1.11. The van der Waals surface area contributed by atoms with Gasteiger partial charge in [0.2, 0.25) is 10.0 Å². The molecule has 1 atom stereocenters. The average Bonchev–Trinajstić information content (AvgIpc) is 2.55. The van der Waals surface area contributed by atoms with Crippen LogP contribution in [0.4, 0.5) is 0 Å². The second kappa shape index (κ2) is 8.59. The van der Waals surface area contributed by atoms with Crippen molar-refractivity contribution in [2.45, 2.75) is 24.3 Å². The Balaban J connectivity index is 1.74. The zero-order valence-electron chi connectivity index (χ0n) is 12.9. The molecule has 0 aromatic heterocycles. The molecule has 0 aliphatic carbocycles. The van der Waals surface area contributed by atoms with Gasteiger partial charge in [0.15, 0.2) is 0 Å². The lowest BCUT2D eigenvalue weighted by Gasteiger charge is -2.13. The first-order valence-electron chi connectivity index (χ1n) is 7.41. The average molecular weight is 398 g/mol. The molecule has 0 aliphatic heterocycles. The summed E-state index contributed by atoms with van der Waals surface area (Å²) in [6.07, 6.45) is 0.617. The molecule has 23 heavy (non-hydrogen) atoms. The van der Waals surface area contributed by atoms with Crippen LogP contribution in [0.1, 0.15) is 25.0 Å². The molecule has 0 amide bonds. The van der Waals surface area contributed by atoms with Crippen molar-refractivity contribution in [2.75, 3.05) is 13.2 Å². The van der Waals surface area contributed by atoms with E-state index in [0.717, 1.165) is 10.0 Å². The quantitative estimate of drug-likeness (QED) is 0.687. The number of hydrogen-bond acceptors (Lipinski definition) is 3. The van der Waals surface area contributed by atoms with Crippen molar-refractivity contribution in [3.05, 3.63) is 64.6 Å². The summed E-state index contributed by atoms with van der Waals surface area (Å²) in [4.78, 5) is 0.263. The summed E-state index contributed by atoms with van der Waals surface area (Å²) < 4.78 is 33.3. The van der Waals surface area contributed by atoms with Crippen LogP contribution < -0.4 is 4.72 Å². The van der Waals surface area contributed by atoms with Gasteiger partial charge in [-0.05, 0) is 43.2 Å². The highest BCUT2D eigenvalue weighted by Gasteiger charge is 2.12. The summed E-state index contributed by atoms with van der Waals surface area (Å²) in [6, 6.07) is 16.5. The maximum Gasteiger partial charge on any atom is 0.240 e. The largest absolute Gasteiger partial charge is 0.374 e. The maximum atomic E-state index is 12.1. The van der Waals surface area contributed by atoms with Crippen molar-refractivity contribution < 1.29 is 13.2 Å². The predicted molar refractivity (Wildman–Crippen MR) is 94.8 cm³/mol. The lowest BCUT2D eigenvalue weighted by Crippen LogP contribution is -2.25. The van der Waals surface area contributed by atoms with Crippen molar-refractivity contribution in [1.29, 1.82) is 0 Å². The van der Waals surface area contributed by atoms with E-state index in [9.17, 15) is 8.42 Å². The summed E-state index contributed by atoms with van der Waals surface area (Å²) >= 11 is 3.29. The molecule has 0 saturated heterocycles. The topological polar surface area (TPSA) is 55.4 Å². The fourth-order valence-electron chi connectivity index (χ4n) is 2.06. The van der Waals surface area contributed by atoms with Gasteiger partial charge in [-0.15, -0.1) is 0 Å². The van der Waals surface area contributed by atoms with E-state index in [-0.39, 0.29) is 11.0 Å². The van der Waals surface area contributed by atoms with E-state index in [1.165, 1.54) is 0 Å². The third-order valence-electron chi connectivity index (χ3n) is 3.37. The monoisotopic (exact) mass is 397 g/mol. The van der Waals surface area contributed by atoms with Crippen LogP contribution in [0.3, 0.4) is 0 Å². The molecular weight excluding hydrogens is 378 g/mol. The molecule has 2 aromatic carbocycles. The van der Waals surface area contributed by atoms with Crippen molar-refractivity contribution in [2.24, 2.45) is 0 Å². The van der Waals surface area contributed by atoms with Gasteiger partial charge < -0.3 is 4.74 Å². The molecule has 2 rings (SSSR count). The molecule has 0 heterocycles. The number of nitrogens with one attached hydrogen (secondary N) is 1. The second-order valence-corrected chi connectivity index (χ2v) is 7.81. The minimum absolute atomic E-state index is 0.000666. The van der Waals surface area contributed by atoms with E-state index < -0.39 is 10.0 Å². The van der Waals surface area contributed by atoms with E-state index in [4.69, 9.17) is 4.74 Å². The molecule has 0 spiro atoms. The Hall–Kier alpha value is -1.21. The van der Waals surface area contributed by atoms with Crippen molar-refractivity contribution >= 4 is 26.0 Å². The first-order chi connectivity index (χ1) is 11.0. The summed E-state index contributed by atoms with van der Waals surface area (Å²) in [6.45, 7) is 2.83. The molecule has 0 aliphatic rings. The summed E-state index contributed by atoms with van der Waals surface area (Å²) in [5, 5.41) is 0. The van der Waals surface area contributed by atoms with E-state index in [1.807, 2.05) is 37.3 Å². The Labute approximate surface area is 146 Å². The van der Waals surface area contributed by atoms with Gasteiger partial charge in [0.05, 0.1) is 11.0 Å². The fourth-order valence-corrected chi connectivity index (χ4v) is 3.39. The molecule has 4 nitrogen and oxygen atoms in total. The van der Waals surface area contributed by atoms with Crippen LogP contribution in [0, 0.1) is 0 Å². The van der Waals surface area contributed by atoms with Crippen molar-refractivity contribution in [3.63, 3.8) is 0 Å². The molecular formula is C17H20BrNO3S. The zero-order valence-corrected chi connectivity index (χ0v) is 15.3. The molecule has 2 aromatic rings. The van der Waals surface area contributed by atoms with Gasteiger partial charge in [0.25, 0.3) is 0 Å². The number of sulfonamides is 1. The van der Waals surface area contributed by atoms with E-state index in [2.05, 4.69) is 20.7 Å². The van der Waals surface area contributed by atoms with Gasteiger partial charge in [0, 0.05) is 17.6 Å². The Morgan fingerprint density at radius 1 is 1.09 bits per heavy atom. The van der Waals surface area contributed by atoms with Crippen LogP contribution in [0.2, 0.25) is 0 Å². The number of hydrogen-bond donors (Lipinski definition) is 1. The van der Waals surface area contributed by atoms with Crippen LogP contribution in [0.15, 0.2) is 64.0 Å². The van der Waals surface area contributed by atoms with Crippen molar-refractivity contribution in [1.82, 2.24) is 4.72 Å². The molecule has 1 unspecified atom stereocenters. The van der Waals surface area contributed by atoms with Gasteiger partial charge in [-0.3, -0.25) is 0 Å². The molecule has 0 saturated carbocycles. The molecule has 0 bridgehead atoms. The van der Waals surface area contributed by atoms with Crippen LogP contribution in [0.25, 0.3) is 0 Å². The minimum atomic E-state index is -3.46. The van der Waals surface area contributed by atoms with E-state index in [1.54, 1.807) is 24.3 Å². The van der Waals surface area contributed by atoms with E-state index >= 15 is 0 Å². The number of benzene rings is 2. The third kappa shape index (κ3) is 5.73. The first kappa shape index (κ1) is 18.1. The maximum absolute atomic E-state index is 12.1. The van der Waals surface area contributed by atoms with Gasteiger partial charge in [-0.1, -0.05) is 46.3 Å². The Morgan fingerprint density at radius 3 is 2.39 bits per heavy atom. The molecule has 0 radical (unpaired) electrons. The highest BCUT2D eigenvalue weighted by molar-refractivity contribution is 9.10. The SMILES string of the molecule is CC(OCCCNS(=O)(=O)c1ccc(Br)cc1)c1ccccc1. The number of ether oxygens (including phenoxy) is 1. The van der Waals surface area contributed by atoms with Crippen LogP contribution in [-0.4, -0.2) is 21.6 Å². The van der Waals surface area contributed by atoms with Gasteiger partial charge in [-0.25, -0.2) is 13.1 Å². The van der Waals surface area contributed by atoms with Crippen molar-refractivity contribution in [3.8, 4) is 0 Å². The fraction of sp³-hybridized carbons (Fsp3) is 0.294. The Kier molecular flexibility index (Phi) is 6.77. The summed E-state index contributed by atoms with van der Waals surface area (Å²) in [5.74, 6) is 0. The lowest BCUT2D eigenvalue weighted by atomic mass is 10.1. The highest BCUT2D eigenvalue weighted by atomic mass is 79.9. The molecule has 1 N–H and O–H groups in total. The Morgan fingerprint density at radius 2 is 1.74 bits per heavy atom. The second-order valence-electron chi connectivity index (χ2n) is 5.13. The summed E-state index contributed by atoms with van der Waals surface area (Å²) in [7, 11) is -3.46. The predicted octanol–water partition coefficient (Wildman–Crippen LogP) is 3.90. The van der Waals surface area contributed by atoms with Crippen LogP contribution in [-0.2, 0) is 14.8 Å². The molecule has 124 valence electrons. The van der Waals surface area contributed by atoms with Crippen LogP contribution in [0.5, 0.6) is 0 Å². The lowest BCUT2D eigenvalue weighted by molar-refractivity contribution is 0.0647. The van der Waals surface area contributed by atoms with Gasteiger partial charge in [-0.2, -0.15) is 0 Å². The normalized spacial score (nSPS) is 13.0. The molecule has 6 heteroatoms. The van der Waals surface area contributed by atoms with E-state index in [0.29, 0.717) is 19.6 Å². The molecule has 0 fully saturated rings.